The molecule has 0 spiro atoms. The number of benzene rings is 1. The molecule has 0 aromatic heterocycles. The molecule has 1 aromatic rings. The molecule has 1 atom stereocenters. The second-order valence-corrected chi connectivity index (χ2v) is 4.50. The van der Waals surface area contributed by atoms with Gasteiger partial charge >= 0.3 is 0 Å². The van der Waals surface area contributed by atoms with E-state index in [4.69, 9.17) is 5.73 Å². The van der Waals surface area contributed by atoms with Crippen LogP contribution >= 0.6 is 15.9 Å². The summed E-state index contributed by atoms with van der Waals surface area (Å²) in [6.45, 7) is 1.66. The summed E-state index contributed by atoms with van der Waals surface area (Å²) in [5.41, 5.74) is 6.48. The molecule has 0 aliphatic carbocycles. The van der Waals surface area contributed by atoms with Crippen molar-refractivity contribution in [3.05, 3.63) is 39.4 Å². The van der Waals surface area contributed by atoms with Crippen LogP contribution in [-0.4, -0.2) is 15.7 Å². The Morgan fingerprint density at radius 2 is 2.25 bits per heavy atom. The second kappa shape index (κ2) is 5.07. The van der Waals surface area contributed by atoms with E-state index in [2.05, 4.69) is 15.9 Å². The van der Waals surface area contributed by atoms with Crippen molar-refractivity contribution in [2.75, 3.05) is 0 Å². The van der Waals surface area contributed by atoms with Crippen LogP contribution in [0.4, 0.5) is 5.69 Å². The Kier molecular flexibility index (Phi) is 4.00. The van der Waals surface area contributed by atoms with E-state index >= 15 is 0 Å². The number of carbonyl (C=O) groups is 1. The molecule has 1 rings (SSSR count). The zero-order chi connectivity index (χ0) is 12.3. The van der Waals surface area contributed by atoms with Gasteiger partial charge in [-0.3, -0.25) is 14.9 Å². The molecule has 86 valence electrons. The Bertz CT molecular complexity index is 434. The van der Waals surface area contributed by atoms with Gasteiger partial charge in [-0.2, -0.15) is 0 Å². The van der Waals surface area contributed by atoms with E-state index in [1.807, 2.05) is 0 Å². The molecule has 0 saturated carbocycles. The minimum atomic E-state index is -0.506. The molecule has 1 amide bonds. The van der Waals surface area contributed by atoms with Crippen LogP contribution in [0.3, 0.4) is 0 Å². The second-order valence-electron chi connectivity index (χ2n) is 3.39. The van der Waals surface area contributed by atoms with E-state index in [0.29, 0.717) is 12.0 Å². The molecule has 1 unspecified atom stereocenters. The molecule has 6 heteroatoms. The molecule has 2 N–H and O–H groups in total. The standard InChI is InChI=1S/C10H11BrN2O3/c1-6-7(5-8(11)10(12)14)3-2-4-9(6)13(15)16/h2-4,8H,5H2,1H3,(H2,12,14). The van der Waals surface area contributed by atoms with Crippen LogP contribution in [0.15, 0.2) is 18.2 Å². The Morgan fingerprint density at radius 3 is 2.75 bits per heavy atom. The topological polar surface area (TPSA) is 86.2 Å². The Balaban J connectivity index is 3.02. The molecule has 0 aliphatic rings. The average Bonchev–Trinajstić information content (AvgIpc) is 2.20. The van der Waals surface area contributed by atoms with Crippen LogP contribution in [-0.2, 0) is 11.2 Å². The van der Waals surface area contributed by atoms with Crippen molar-refractivity contribution < 1.29 is 9.72 Å². The van der Waals surface area contributed by atoms with Crippen molar-refractivity contribution in [1.82, 2.24) is 0 Å². The Hall–Kier alpha value is -1.43. The van der Waals surface area contributed by atoms with Crippen LogP contribution in [0.25, 0.3) is 0 Å². The summed E-state index contributed by atoms with van der Waals surface area (Å²) in [5, 5.41) is 10.7. The van der Waals surface area contributed by atoms with E-state index in [9.17, 15) is 14.9 Å². The largest absolute Gasteiger partial charge is 0.369 e. The smallest absolute Gasteiger partial charge is 0.272 e. The lowest BCUT2D eigenvalue weighted by molar-refractivity contribution is -0.385. The lowest BCUT2D eigenvalue weighted by Gasteiger charge is -2.08. The van der Waals surface area contributed by atoms with E-state index in [1.54, 1.807) is 19.1 Å². The molecular weight excluding hydrogens is 276 g/mol. The van der Waals surface area contributed by atoms with Gasteiger partial charge in [0.1, 0.15) is 0 Å². The fourth-order valence-electron chi connectivity index (χ4n) is 1.38. The molecule has 0 fully saturated rings. The van der Waals surface area contributed by atoms with Crippen molar-refractivity contribution in [3.63, 3.8) is 0 Å². The quantitative estimate of drug-likeness (QED) is 0.519. The SMILES string of the molecule is Cc1c(CC(Br)C(N)=O)cccc1[N+](=O)[O-]. The van der Waals surface area contributed by atoms with Crippen LogP contribution in [0.5, 0.6) is 0 Å². The normalized spacial score (nSPS) is 12.1. The van der Waals surface area contributed by atoms with Gasteiger partial charge in [-0.25, -0.2) is 0 Å². The summed E-state index contributed by atoms with van der Waals surface area (Å²) >= 11 is 3.13. The first-order chi connectivity index (χ1) is 7.43. The van der Waals surface area contributed by atoms with E-state index in [1.165, 1.54) is 6.07 Å². The maximum Gasteiger partial charge on any atom is 0.272 e. The molecule has 0 aliphatic heterocycles. The number of hydrogen-bond donors (Lipinski definition) is 1. The summed E-state index contributed by atoms with van der Waals surface area (Å²) in [7, 11) is 0. The van der Waals surface area contributed by atoms with E-state index in [0.717, 1.165) is 5.56 Å². The van der Waals surface area contributed by atoms with Gasteiger partial charge in [0, 0.05) is 11.6 Å². The molecular formula is C10H11BrN2O3. The van der Waals surface area contributed by atoms with E-state index in [-0.39, 0.29) is 5.69 Å². The minimum absolute atomic E-state index is 0.0571. The number of hydrogen-bond acceptors (Lipinski definition) is 3. The van der Waals surface area contributed by atoms with Crippen LogP contribution in [0.1, 0.15) is 11.1 Å². The lowest BCUT2D eigenvalue weighted by atomic mass is 10.0. The summed E-state index contributed by atoms with van der Waals surface area (Å²) in [5.74, 6) is -0.481. The fraction of sp³-hybridized carbons (Fsp3) is 0.300. The molecule has 0 heterocycles. The highest BCUT2D eigenvalue weighted by Crippen LogP contribution is 2.23. The number of rotatable bonds is 4. The van der Waals surface area contributed by atoms with Crippen molar-refractivity contribution in [1.29, 1.82) is 0 Å². The first-order valence-electron chi connectivity index (χ1n) is 4.59. The summed E-state index contributed by atoms with van der Waals surface area (Å²) in [6.07, 6.45) is 0.350. The van der Waals surface area contributed by atoms with Gasteiger partial charge in [0.05, 0.1) is 9.75 Å². The predicted molar refractivity (Wildman–Crippen MR) is 63.4 cm³/mol. The maximum atomic E-state index is 10.9. The Morgan fingerprint density at radius 1 is 1.62 bits per heavy atom. The average molecular weight is 287 g/mol. The number of nitrogens with zero attached hydrogens (tertiary/aromatic N) is 1. The van der Waals surface area contributed by atoms with Crippen LogP contribution < -0.4 is 5.73 Å². The third-order valence-electron chi connectivity index (χ3n) is 2.32. The predicted octanol–water partition coefficient (Wildman–Crippen LogP) is 1.69. The van der Waals surface area contributed by atoms with Crippen LogP contribution in [0.2, 0.25) is 0 Å². The van der Waals surface area contributed by atoms with Gasteiger partial charge < -0.3 is 5.73 Å². The number of nitro groups is 1. The summed E-state index contributed by atoms with van der Waals surface area (Å²) in [6, 6.07) is 4.78. The number of nitrogens with two attached hydrogens (primary N) is 1. The molecule has 5 nitrogen and oxygen atoms in total. The zero-order valence-electron chi connectivity index (χ0n) is 8.64. The third-order valence-corrected chi connectivity index (χ3v) is 3.10. The minimum Gasteiger partial charge on any atom is -0.369 e. The van der Waals surface area contributed by atoms with Crippen molar-refractivity contribution in [2.24, 2.45) is 5.73 Å². The van der Waals surface area contributed by atoms with E-state index < -0.39 is 15.7 Å². The van der Waals surface area contributed by atoms with Gasteiger partial charge in [0.2, 0.25) is 5.91 Å². The number of nitro benzene ring substituents is 1. The first-order valence-corrected chi connectivity index (χ1v) is 5.51. The molecule has 0 radical (unpaired) electrons. The zero-order valence-corrected chi connectivity index (χ0v) is 10.2. The van der Waals surface area contributed by atoms with Gasteiger partial charge in [-0.1, -0.05) is 28.1 Å². The van der Waals surface area contributed by atoms with Crippen molar-refractivity contribution in [3.8, 4) is 0 Å². The summed E-state index contributed by atoms with van der Waals surface area (Å²) in [4.78, 5) is 20.6. The first kappa shape index (κ1) is 12.6. The van der Waals surface area contributed by atoms with Gasteiger partial charge in [-0.05, 0) is 18.9 Å². The summed E-state index contributed by atoms with van der Waals surface area (Å²) < 4.78 is 0. The molecule has 0 saturated heterocycles. The molecule has 1 aromatic carbocycles. The number of halogens is 1. The number of carbonyl (C=O) groups excluding carboxylic acids is 1. The molecule has 16 heavy (non-hydrogen) atoms. The highest BCUT2D eigenvalue weighted by Gasteiger charge is 2.17. The Labute approximate surface area is 101 Å². The van der Waals surface area contributed by atoms with Crippen molar-refractivity contribution >= 4 is 27.5 Å². The highest BCUT2D eigenvalue weighted by atomic mass is 79.9. The number of alkyl halides is 1. The number of amides is 1. The van der Waals surface area contributed by atoms with Crippen molar-refractivity contribution in [2.45, 2.75) is 18.2 Å². The monoisotopic (exact) mass is 286 g/mol. The highest BCUT2D eigenvalue weighted by molar-refractivity contribution is 9.10. The van der Waals surface area contributed by atoms with Gasteiger partial charge in [-0.15, -0.1) is 0 Å². The maximum absolute atomic E-state index is 10.9. The van der Waals surface area contributed by atoms with Crippen LogP contribution in [0, 0.1) is 17.0 Å². The fourth-order valence-corrected chi connectivity index (χ4v) is 1.73. The number of primary amides is 1. The van der Waals surface area contributed by atoms with Gasteiger partial charge in [0.15, 0.2) is 0 Å². The third kappa shape index (κ3) is 2.79. The lowest BCUT2D eigenvalue weighted by Crippen LogP contribution is -2.25. The van der Waals surface area contributed by atoms with Gasteiger partial charge in [0.25, 0.3) is 5.69 Å². The molecule has 0 bridgehead atoms.